The van der Waals surface area contributed by atoms with E-state index in [1.807, 2.05) is 30.3 Å². The highest BCUT2D eigenvalue weighted by molar-refractivity contribution is 7.07. The van der Waals surface area contributed by atoms with Gasteiger partial charge in [0.25, 0.3) is 5.91 Å². The van der Waals surface area contributed by atoms with Crippen molar-refractivity contribution in [1.82, 2.24) is 10.3 Å². The topological polar surface area (TPSA) is 42.0 Å². The molecule has 2 aromatic rings. The van der Waals surface area contributed by atoms with Gasteiger partial charge in [-0.05, 0) is 11.0 Å². The lowest BCUT2D eigenvalue weighted by Gasteiger charge is -2.31. The molecule has 1 aromatic carbocycles. The van der Waals surface area contributed by atoms with Crippen molar-refractivity contribution in [2.45, 2.75) is 26.8 Å². The molecule has 1 N–H and O–H groups in total. The molecule has 1 amide bonds. The van der Waals surface area contributed by atoms with E-state index in [-0.39, 0.29) is 17.4 Å². The van der Waals surface area contributed by atoms with Crippen LogP contribution in [0.4, 0.5) is 0 Å². The first kappa shape index (κ1) is 13.7. The number of hydrogen-bond donors (Lipinski definition) is 1. The number of carbonyl (C=O) groups is 1. The van der Waals surface area contributed by atoms with Crippen LogP contribution in [0.2, 0.25) is 0 Å². The van der Waals surface area contributed by atoms with Gasteiger partial charge >= 0.3 is 0 Å². The SMILES string of the molecule is CC(C)(C)C(NC(=O)c1cscn1)c1ccccc1. The van der Waals surface area contributed by atoms with Crippen LogP contribution in [-0.4, -0.2) is 10.9 Å². The Balaban J connectivity index is 2.23. The fraction of sp³-hybridized carbons (Fsp3) is 0.333. The van der Waals surface area contributed by atoms with Crippen LogP contribution >= 0.6 is 11.3 Å². The molecule has 0 saturated carbocycles. The summed E-state index contributed by atoms with van der Waals surface area (Å²) in [5, 5.41) is 4.84. The van der Waals surface area contributed by atoms with Crippen molar-refractivity contribution in [3.8, 4) is 0 Å². The molecule has 0 bridgehead atoms. The summed E-state index contributed by atoms with van der Waals surface area (Å²) in [6.07, 6.45) is 0. The molecule has 1 unspecified atom stereocenters. The normalized spacial score (nSPS) is 13.0. The predicted octanol–water partition coefficient (Wildman–Crippen LogP) is 3.66. The van der Waals surface area contributed by atoms with Gasteiger partial charge in [0.1, 0.15) is 5.69 Å². The average Bonchev–Trinajstić information content (AvgIpc) is 2.89. The molecule has 0 spiro atoms. The quantitative estimate of drug-likeness (QED) is 0.928. The third kappa shape index (κ3) is 3.41. The number of thiazole rings is 1. The zero-order chi connectivity index (χ0) is 13.9. The van der Waals surface area contributed by atoms with Gasteiger partial charge < -0.3 is 5.32 Å². The van der Waals surface area contributed by atoms with Gasteiger partial charge in [-0.3, -0.25) is 4.79 Å². The molecule has 4 heteroatoms. The van der Waals surface area contributed by atoms with Gasteiger partial charge in [-0.25, -0.2) is 4.98 Å². The summed E-state index contributed by atoms with van der Waals surface area (Å²) in [4.78, 5) is 16.2. The molecule has 0 fully saturated rings. The van der Waals surface area contributed by atoms with Crippen molar-refractivity contribution in [2.75, 3.05) is 0 Å². The van der Waals surface area contributed by atoms with E-state index in [9.17, 15) is 4.79 Å². The summed E-state index contributed by atoms with van der Waals surface area (Å²) in [6.45, 7) is 6.35. The van der Waals surface area contributed by atoms with Gasteiger partial charge in [-0.15, -0.1) is 11.3 Å². The number of amides is 1. The highest BCUT2D eigenvalue weighted by atomic mass is 32.1. The van der Waals surface area contributed by atoms with Crippen molar-refractivity contribution in [2.24, 2.45) is 5.41 Å². The van der Waals surface area contributed by atoms with Gasteiger partial charge in [-0.2, -0.15) is 0 Å². The van der Waals surface area contributed by atoms with E-state index in [0.29, 0.717) is 5.69 Å². The average molecular weight is 274 g/mol. The Hall–Kier alpha value is -1.68. The van der Waals surface area contributed by atoms with Crippen LogP contribution in [0.5, 0.6) is 0 Å². The molecule has 0 aliphatic rings. The zero-order valence-corrected chi connectivity index (χ0v) is 12.2. The summed E-state index contributed by atoms with van der Waals surface area (Å²) in [5.41, 5.74) is 3.20. The minimum absolute atomic E-state index is 0.0390. The number of carbonyl (C=O) groups excluding carboxylic acids is 1. The molecule has 19 heavy (non-hydrogen) atoms. The smallest absolute Gasteiger partial charge is 0.271 e. The first-order valence-electron chi connectivity index (χ1n) is 6.22. The largest absolute Gasteiger partial charge is 0.343 e. The first-order chi connectivity index (χ1) is 8.98. The fourth-order valence-corrected chi connectivity index (χ4v) is 2.51. The van der Waals surface area contributed by atoms with Crippen molar-refractivity contribution in [3.05, 3.63) is 52.5 Å². The Kier molecular flexibility index (Phi) is 4.00. The second-order valence-corrected chi connectivity index (χ2v) is 6.28. The van der Waals surface area contributed by atoms with E-state index >= 15 is 0 Å². The van der Waals surface area contributed by atoms with Crippen LogP contribution < -0.4 is 5.32 Å². The molecule has 1 aromatic heterocycles. The van der Waals surface area contributed by atoms with E-state index in [2.05, 4.69) is 31.1 Å². The number of rotatable bonds is 3. The van der Waals surface area contributed by atoms with Crippen LogP contribution in [0.1, 0.15) is 42.9 Å². The second-order valence-electron chi connectivity index (χ2n) is 5.56. The van der Waals surface area contributed by atoms with Crippen molar-refractivity contribution in [3.63, 3.8) is 0 Å². The monoisotopic (exact) mass is 274 g/mol. The van der Waals surface area contributed by atoms with E-state index in [1.165, 1.54) is 11.3 Å². The van der Waals surface area contributed by atoms with Crippen LogP contribution in [0.25, 0.3) is 0 Å². The Morgan fingerprint density at radius 1 is 1.26 bits per heavy atom. The third-order valence-corrected chi connectivity index (χ3v) is 3.53. The van der Waals surface area contributed by atoms with E-state index in [1.54, 1.807) is 10.9 Å². The number of benzene rings is 1. The standard InChI is InChI=1S/C15H18N2OS/c1-15(2,3)13(11-7-5-4-6-8-11)17-14(18)12-9-19-10-16-12/h4-10,13H,1-3H3,(H,17,18). The lowest BCUT2D eigenvalue weighted by Crippen LogP contribution is -2.36. The van der Waals surface area contributed by atoms with Crippen molar-refractivity contribution >= 4 is 17.2 Å². The van der Waals surface area contributed by atoms with Gasteiger partial charge in [0.2, 0.25) is 0 Å². The molecule has 0 aliphatic heterocycles. The maximum absolute atomic E-state index is 12.2. The fourth-order valence-electron chi connectivity index (χ4n) is 1.98. The third-order valence-electron chi connectivity index (χ3n) is 2.94. The predicted molar refractivity (Wildman–Crippen MR) is 78.2 cm³/mol. The molecule has 1 heterocycles. The summed E-state index contributed by atoms with van der Waals surface area (Å²) in [5.74, 6) is -0.120. The number of aromatic nitrogens is 1. The highest BCUT2D eigenvalue weighted by Crippen LogP contribution is 2.32. The van der Waals surface area contributed by atoms with Crippen LogP contribution in [0, 0.1) is 5.41 Å². The lowest BCUT2D eigenvalue weighted by molar-refractivity contribution is 0.0897. The summed E-state index contributed by atoms with van der Waals surface area (Å²) >= 11 is 1.43. The number of hydrogen-bond acceptors (Lipinski definition) is 3. The van der Waals surface area contributed by atoms with E-state index < -0.39 is 0 Å². The molecule has 0 radical (unpaired) electrons. The first-order valence-corrected chi connectivity index (χ1v) is 7.17. The second kappa shape index (κ2) is 5.53. The number of nitrogens with zero attached hydrogens (tertiary/aromatic N) is 1. The Labute approximate surface area is 117 Å². The number of nitrogens with one attached hydrogen (secondary N) is 1. The van der Waals surface area contributed by atoms with Crippen LogP contribution in [0.3, 0.4) is 0 Å². The molecule has 0 saturated heterocycles. The lowest BCUT2D eigenvalue weighted by atomic mass is 9.82. The van der Waals surface area contributed by atoms with Gasteiger partial charge in [0, 0.05) is 5.38 Å². The maximum Gasteiger partial charge on any atom is 0.271 e. The van der Waals surface area contributed by atoms with E-state index in [0.717, 1.165) is 5.56 Å². The summed E-state index contributed by atoms with van der Waals surface area (Å²) < 4.78 is 0. The van der Waals surface area contributed by atoms with Gasteiger partial charge in [0.05, 0.1) is 11.6 Å². The van der Waals surface area contributed by atoms with Crippen molar-refractivity contribution < 1.29 is 4.79 Å². The summed E-state index contributed by atoms with van der Waals surface area (Å²) in [6, 6.07) is 9.99. The Bertz CT molecular complexity index is 529. The van der Waals surface area contributed by atoms with Crippen LogP contribution in [0.15, 0.2) is 41.2 Å². The summed E-state index contributed by atoms with van der Waals surface area (Å²) in [7, 11) is 0. The molecule has 0 aliphatic carbocycles. The Morgan fingerprint density at radius 3 is 2.47 bits per heavy atom. The zero-order valence-electron chi connectivity index (χ0n) is 11.4. The minimum Gasteiger partial charge on any atom is -0.343 e. The molecular formula is C15H18N2OS. The Morgan fingerprint density at radius 2 is 1.95 bits per heavy atom. The molecule has 2 rings (SSSR count). The van der Waals surface area contributed by atoms with E-state index in [4.69, 9.17) is 0 Å². The maximum atomic E-state index is 12.2. The van der Waals surface area contributed by atoms with Crippen molar-refractivity contribution in [1.29, 1.82) is 0 Å². The minimum atomic E-state index is -0.120. The molecule has 100 valence electrons. The van der Waals surface area contributed by atoms with Crippen LogP contribution in [-0.2, 0) is 0 Å². The molecule has 3 nitrogen and oxygen atoms in total. The molecular weight excluding hydrogens is 256 g/mol. The highest BCUT2D eigenvalue weighted by Gasteiger charge is 2.28. The van der Waals surface area contributed by atoms with Gasteiger partial charge in [0.15, 0.2) is 0 Å². The van der Waals surface area contributed by atoms with Gasteiger partial charge in [-0.1, -0.05) is 51.1 Å². The molecule has 1 atom stereocenters.